The van der Waals surface area contributed by atoms with E-state index in [1.165, 1.54) is 18.2 Å². The number of nitro benzene ring substituents is 1. The molecule has 6 heteroatoms. The lowest BCUT2D eigenvalue weighted by Crippen LogP contribution is -2.17. The average Bonchev–Trinajstić information content (AvgIpc) is 2.45. The van der Waals surface area contributed by atoms with Crippen LogP contribution in [-0.4, -0.2) is 11.5 Å². The normalized spacial score (nSPS) is 9.95. The van der Waals surface area contributed by atoms with E-state index in [1.807, 2.05) is 6.07 Å². The fourth-order valence-electron chi connectivity index (χ4n) is 1.94. The van der Waals surface area contributed by atoms with Crippen molar-refractivity contribution in [1.29, 1.82) is 0 Å². The van der Waals surface area contributed by atoms with E-state index < -0.39 is 4.92 Å². The molecule has 0 bridgehead atoms. The van der Waals surface area contributed by atoms with Crippen LogP contribution in [0.15, 0.2) is 48.5 Å². The van der Waals surface area contributed by atoms with Crippen molar-refractivity contribution >= 4 is 18.1 Å². The SMILES string of the molecule is Cl.O=[N+]([O-])c1cccc(CNCCc2ccccc2F)c1. The Morgan fingerprint density at radius 2 is 1.90 bits per heavy atom. The molecule has 112 valence electrons. The molecule has 1 N–H and O–H groups in total. The Labute approximate surface area is 128 Å². The molecular formula is C15H16ClFN2O2. The monoisotopic (exact) mass is 310 g/mol. The van der Waals surface area contributed by atoms with Gasteiger partial charge in [0.15, 0.2) is 0 Å². The molecule has 0 fully saturated rings. The molecule has 0 saturated carbocycles. The molecule has 0 amide bonds. The van der Waals surface area contributed by atoms with Crippen LogP contribution in [0.4, 0.5) is 10.1 Å². The number of rotatable bonds is 6. The van der Waals surface area contributed by atoms with Gasteiger partial charge < -0.3 is 5.32 Å². The largest absolute Gasteiger partial charge is 0.312 e. The second-order valence-electron chi connectivity index (χ2n) is 4.45. The highest BCUT2D eigenvalue weighted by atomic mass is 35.5. The first-order chi connectivity index (χ1) is 9.66. The Kier molecular flexibility index (Phi) is 6.78. The Balaban J connectivity index is 0.00000220. The van der Waals surface area contributed by atoms with Gasteiger partial charge in [-0.3, -0.25) is 10.1 Å². The van der Waals surface area contributed by atoms with Crippen molar-refractivity contribution in [1.82, 2.24) is 5.32 Å². The zero-order chi connectivity index (χ0) is 14.4. The Bertz CT molecular complexity index is 608. The molecule has 0 aliphatic rings. The number of benzene rings is 2. The van der Waals surface area contributed by atoms with Gasteiger partial charge >= 0.3 is 0 Å². The molecule has 0 saturated heterocycles. The Hall–Kier alpha value is -1.98. The van der Waals surface area contributed by atoms with E-state index in [2.05, 4.69) is 5.32 Å². The van der Waals surface area contributed by atoms with Gasteiger partial charge in [-0.1, -0.05) is 30.3 Å². The summed E-state index contributed by atoms with van der Waals surface area (Å²) in [4.78, 5) is 10.2. The molecule has 0 radical (unpaired) electrons. The maximum absolute atomic E-state index is 13.4. The van der Waals surface area contributed by atoms with Crippen LogP contribution in [0.5, 0.6) is 0 Å². The van der Waals surface area contributed by atoms with E-state index in [1.54, 1.807) is 24.3 Å². The van der Waals surface area contributed by atoms with Crippen LogP contribution in [0.1, 0.15) is 11.1 Å². The lowest BCUT2D eigenvalue weighted by molar-refractivity contribution is -0.384. The highest BCUT2D eigenvalue weighted by Gasteiger charge is 2.05. The van der Waals surface area contributed by atoms with Crippen molar-refractivity contribution in [2.75, 3.05) is 6.54 Å². The second-order valence-corrected chi connectivity index (χ2v) is 4.45. The molecule has 0 aromatic heterocycles. The smallest absolute Gasteiger partial charge is 0.269 e. The molecule has 0 unspecified atom stereocenters. The van der Waals surface area contributed by atoms with E-state index in [-0.39, 0.29) is 23.9 Å². The minimum absolute atomic E-state index is 0. The molecule has 2 rings (SSSR count). The molecule has 0 heterocycles. The minimum atomic E-state index is -0.414. The maximum atomic E-state index is 13.4. The summed E-state index contributed by atoms with van der Waals surface area (Å²) in [6, 6.07) is 13.1. The van der Waals surface area contributed by atoms with Crippen molar-refractivity contribution in [3.63, 3.8) is 0 Å². The Morgan fingerprint density at radius 3 is 2.62 bits per heavy atom. The van der Waals surface area contributed by atoms with E-state index in [0.717, 1.165) is 5.56 Å². The third-order valence-electron chi connectivity index (χ3n) is 2.98. The van der Waals surface area contributed by atoms with Crippen LogP contribution in [0.2, 0.25) is 0 Å². The third-order valence-corrected chi connectivity index (χ3v) is 2.98. The van der Waals surface area contributed by atoms with Crippen molar-refractivity contribution in [3.8, 4) is 0 Å². The number of nitrogens with one attached hydrogen (secondary N) is 1. The van der Waals surface area contributed by atoms with Gasteiger partial charge in [-0.25, -0.2) is 4.39 Å². The van der Waals surface area contributed by atoms with Gasteiger partial charge in [0.1, 0.15) is 5.82 Å². The van der Waals surface area contributed by atoms with Crippen molar-refractivity contribution in [2.45, 2.75) is 13.0 Å². The van der Waals surface area contributed by atoms with Gasteiger partial charge in [0.2, 0.25) is 0 Å². The quantitative estimate of drug-likeness (QED) is 0.505. The summed E-state index contributed by atoms with van der Waals surface area (Å²) in [5, 5.41) is 13.8. The molecule has 4 nitrogen and oxygen atoms in total. The molecule has 0 spiro atoms. The number of nitrogens with zero attached hydrogens (tertiary/aromatic N) is 1. The van der Waals surface area contributed by atoms with Crippen LogP contribution in [0.25, 0.3) is 0 Å². The second kappa shape index (κ2) is 8.34. The zero-order valence-corrected chi connectivity index (χ0v) is 12.1. The Morgan fingerprint density at radius 1 is 1.14 bits per heavy atom. The summed E-state index contributed by atoms with van der Waals surface area (Å²) in [6.07, 6.45) is 0.585. The van der Waals surface area contributed by atoms with Crippen molar-refractivity contribution < 1.29 is 9.31 Å². The van der Waals surface area contributed by atoms with Crippen LogP contribution >= 0.6 is 12.4 Å². The van der Waals surface area contributed by atoms with E-state index in [0.29, 0.717) is 25.1 Å². The van der Waals surface area contributed by atoms with E-state index in [4.69, 9.17) is 0 Å². The van der Waals surface area contributed by atoms with Crippen LogP contribution < -0.4 is 5.32 Å². The average molecular weight is 311 g/mol. The summed E-state index contributed by atoms with van der Waals surface area (Å²) < 4.78 is 13.4. The maximum Gasteiger partial charge on any atom is 0.269 e. The van der Waals surface area contributed by atoms with E-state index in [9.17, 15) is 14.5 Å². The van der Waals surface area contributed by atoms with Gasteiger partial charge in [0.05, 0.1) is 4.92 Å². The van der Waals surface area contributed by atoms with Crippen LogP contribution in [0, 0.1) is 15.9 Å². The first-order valence-electron chi connectivity index (χ1n) is 6.34. The molecule has 21 heavy (non-hydrogen) atoms. The summed E-state index contributed by atoms with van der Waals surface area (Å²) >= 11 is 0. The molecule has 2 aromatic rings. The molecule has 0 atom stereocenters. The summed E-state index contributed by atoms with van der Waals surface area (Å²) in [7, 11) is 0. The molecular weight excluding hydrogens is 295 g/mol. The number of halogens is 2. The minimum Gasteiger partial charge on any atom is -0.312 e. The zero-order valence-electron chi connectivity index (χ0n) is 11.3. The molecule has 0 aliphatic heterocycles. The van der Waals surface area contributed by atoms with Gasteiger partial charge in [0.25, 0.3) is 5.69 Å². The number of hydrogen-bond donors (Lipinski definition) is 1. The van der Waals surface area contributed by atoms with Gasteiger partial charge in [-0.05, 0) is 30.2 Å². The summed E-state index contributed by atoms with van der Waals surface area (Å²) in [6.45, 7) is 1.14. The predicted octanol–water partition coefficient (Wildman–Crippen LogP) is 3.49. The third kappa shape index (κ3) is 5.13. The van der Waals surface area contributed by atoms with E-state index >= 15 is 0 Å². The first kappa shape index (κ1) is 17.1. The molecule has 0 aliphatic carbocycles. The highest BCUT2D eigenvalue weighted by Crippen LogP contribution is 2.13. The van der Waals surface area contributed by atoms with Crippen LogP contribution in [0.3, 0.4) is 0 Å². The fraction of sp³-hybridized carbons (Fsp3) is 0.200. The van der Waals surface area contributed by atoms with Crippen LogP contribution in [-0.2, 0) is 13.0 Å². The summed E-state index contributed by atoms with van der Waals surface area (Å²) in [5.41, 5.74) is 1.59. The van der Waals surface area contributed by atoms with Crippen molar-refractivity contribution in [2.24, 2.45) is 0 Å². The summed E-state index contributed by atoms with van der Waals surface area (Å²) in [5.74, 6) is -0.204. The van der Waals surface area contributed by atoms with Gasteiger partial charge in [-0.15, -0.1) is 12.4 Å². The lowest BCUT2D eigenvalue weighted by Gasteiger charge is -2.06. The van der Waals surface area contributed by atoms with Crippen molar-refractivity contribution in [3.05, 3.63) is 75.6 Å². The standard InChI is InChI=1S/C15H15FN2O2.ClH/c16-15-7-2-1-5-13(15)8-9-17-11-12-4-3-6-14(10-12)18(19)20;/h1-7,10,17H,8-9,11H2;1H. The number of nitro groups is 1. The lowest BCUT2D eigenvalue weighted by atomic mass is 10.1. The van der Waals surface area contributed by atoms with Gasteiger partial charge in [0, 0.05) is 18.7 Å². The first-order valence-corrected chi connectivity index (χ1v) is 6.34. The topological polar surface area (TPSA) is 55.2 Å². The number of non-ortho nitro benzene ring substituents is 1. The highest BCUT2D eigenvalue weighted by molar-refractivity contribution is 5.85. The molecule has 2 aromatic carbocycles. The fourth-order valence-corrected chi connectivity index (χ4v) is 1.94. The van der Waals surface area contributed by atoms with Gasteiger partial charge in [-0.2, -0.15) is 0 Å². The number of hydrogen-bond acceptors (Lipinski definition) is 3. The predicted molar refractivity (Wildman–Crippen MR) is 82.2 cm³/mol.